The number of nitrogens with one attached hydrogen (secondary N) is 1. The van der Waals surface area contributed by atoms with Gasteiger partial charge < -0.3 is 15.3 Å². The van der Waals surface area contributed by atoms with Crippen molar-refractivity contribution in [3.05, 3.63) is 77.4 Å². The van der Waals surface area contributed by atoms with Gasteiger partial charge in [0.25, 0.3) is 5.91 Å². The molecule has 0 bridgehead atoms. The van der Waals surface area contributed by atoms with E-state index in [1.54, 1.807) is 41.3 Å². The van der Waals surface area contributed by atoms with Crippen molar-refractivity contribution >= 4 is 11.7 Å². The number of halogens is 1. The number of anilines is 1. The highest BCUT2D eigenvalue weighted by molar-refractivity contribution is 5.94. The first-order valence-corrected chi connectivity index (χ1v) is 9.78. The zero-order valence-electron chi connectivity index (χ0n) is 16.8. The summed E-state index contributed by atoms with van der Waals surface area (Å²) in [4.78, 5) is 23.1. The Hall–Kier alpha value is -3.83. The van der Waals surface area contributed by atoms with Gasteiger partial charge in [-0.1, -0.05) is 12.1 Å². The molecule has 2 aromatic heterocycles. The molecule has 1 aliphatic rings. The minimum absolute atomic E-state index is 0.257. The molecule has 0 radical (unpaired) electrons. The maximum absolute atomic E-state index is 13.4. The number of nitriles is 1. The van der Waals surface area contributed by atoms with E-state index in [1.807, 2.05) is 6.92 Å². The van der Waals surface area contributed by atoms with Crippen LogP contribution in [0.1, 0.15) is 21.6 Å². The van der Waals surface area contributed by atoms with Crippen molar-refractivity contribution in [2.75, 3.05) is 18.0 Å². The van der Waals surface area contributed by atoms with Crippen LogP contribution in [-0.2, 0) is 0 Å². The van der Waals surface area contributed by atoms with Crippen LogP contribution in [0.2, 0.25) is 0 Å². The fourth-order valence-electron chi connectivity index (χ4n) is 3.57. The molecule has 8 heteroatoms. The lowest BCUT2D eigenvalue weighted by molar-refractivity contribution is 0.0888. The maximum Gasteiger partial charge on any atom is 0.253 e. The summed E-state index contributed by atoms with van der Waals surface area (Å²) in [6, 6.07) is 14.4. The lowest BCUT2D eigenvalue weighted by Gasteiger charge is -2.19. The number of aliphatic hydroxyl groups is 1. The third-order valence-corrected chi connectivity index (χ3v) is 5.19. The molecule has 0 saturated carbocycles. The summed E-state index contributed by atoms with van der Waals surface area (Å²) in [6.45, 7) is 2.41. The van der Waals surface area contributed by atoms with Crippen LogP contribution in [-0.4, -0.2) is 46.2 Å². The van der Waals surface area contributed by atoms with E-state index in [2.05, 4.69) is 21.4 Å². The summed E-state index contributed by atoms with van der Waals surface area (Å²) < 4.78 is 13.4. The minimum Gasteiger partial charge on any atom is -0.389 e. The second-order valence-electron chi connectivity index (χ2n) is 7.43. The van der Waals surface area contributed by atoms with Crippen molar-refractivity contribution in [3.63, 3.8) is 0 Å². The first kappa shape index (κ1) is 20.4. The molecule has 1 saturated heterocycles. The van der Waals surface area contributed by atoms with Gasteiger partial charge in [0, 0.05) is 30.5 Å². The number of carbonyl (C=O) groups is 1. The van der Waals surface area contributed by atoms with E-state index in [-0.39, 0.29) is 18.3 Å². The fourth-order valence-corrected chi connectivity index (χ4v) is 3.57. The summed E-state index contributed by atoms with van der Waals surface area (Å²) in [7, 11) is 0. The molecule has 1 fully saturated rings. The Morgan fingerprint density at radius 2 is 2.10 bits per heavy atom. The van der Waals surface area contributed by atoms with E-state index in [0.717, 1.165) is 5.69 Å². The Labute approximate surface area is 178 Å². The van der Waals surface area contributed by atoms with E-state index in [4.69, 9.17) is 0 Å². The molecule has 2 N–H and O–H groups in total. The number of hydrogen-bond acceptors (Lipinski definition) is 6. The third kappa shape index (κ3) is 4.37. The second-order valence-corrected chi connectivity index (χ2v) is 7.43. The predicted octanol–water partition coefficient (Wildman–Crippen LogP) is 2.44. The highest BCUT2D eigenvalue weighted by Crippen LogP contribution is 2.23. The van der Waals surface area contributed by atoms with Gasteiger partial charge in [0.2, 0.25) is 0 Å². The molecular weight excluding hydrogens is 397 g/mol. The van der Waals surface area contributed by atoms with E-state index >= 15 is 0 Å². The number of β-amino-alcohol motifs (C(OH)–C–C–N with tert-alkyl or cyclic N) is 1. The topological polar surface area (TPSA) is 102 Å². The van der Waals surface area contributed by atoms with Crippen molar-refractivity contribution in [1.29, 1.82) is 5.26 Å². The van der Waals surface area contributed by atoms with Crippen molar-refractivity contribution in [2.24, 2.45) is 0 Å². The number of aliphatic hydroxyl groups excluding tert-OH is 1. The van der Waals surface area contributed by atoms with Gasteiger partial charge in [-0.15, -0.1) is 0 Å². The number of nitrogens with zero attached hydrogens (tertiary/aromatic N) is 4. The number of carbonyl (C=O) groups excluding carboxylic acids is 1. The van der Waals surface area contributed by atoms with Crippen molar-refractivity contribution in [1.82, 2.24) is 15.3 Å². The highest BCUT2D eigenvalue weighted by Gasteiger charge is 2.34. The Kier molecular flexibility index (Phi) is 5.60. The number of benzene rings is 1. The lowest BCUT2D eigenvalue weighted by atomic mass is 10.1. The van der Waals surface area contributed by atoms with E-state index in [9.17, 15) is 19.6 Å². The van der Waals surface area contributed by atoms with Crippen LogP contribution in [0.4, 0.5) is 10.2 Å². The average Bonchev–Trinajstić information content (AvgIpc) is 3.14. The third-order valence-electron chi connectivity index (χ3n) is 5.19. The maximum atomic E-state index is 13.4. The Morgan fingerprint density at radius 3 is 2.81 bits per heavy atom. The molecule has 2 atom stereocenters. The smallest absolute Gasteiger partial charge is 0.253 e. The van der Waals surface area contributed by atoms with Gasteiger partial charge in [0.05, 0.1) is 29.0 Å². The van der Waals surface area contributed by atoms with Gasteiger partial charge in [0.1, 0.15) is 17.7 Å². The lowest BCUT2D eigenvalue weighted by Crippen LogP contribution is -2.42. The van der Waals surface area contributed by atoms with Gasteiger partial charge in [-0.05, 0) is 43.3 Å². The van der Waals surface area contributed by atoms with Crippen LogP contribution in [0.25, 0.3) is 11.3 Å². The molecule has 1 amide bonds. The van der Waals surface area contributed by atoms with Gasteiger partial charge >= 0.3 is 0 Å². The molecule has 0 aliphatic carbocycles. The highest BCUT2D eigenvalue weighted by atomic mass is 19.1. The number of rotatable bonds is 4. The summed E-state index contributed by atoms with van der Waals surface area (Å²) in [5.74, 6) is -0.232. The quantitative estimate of drug-likeness (QED) is 0.676. The number of hydrogen-bond donors (Lipinski definition) is 2. The van der Waals surface area contributed by atoms with E-state index in [0.29, 0.717) is 34.7 Å². The molecule has 3 aromatic rings. The molecule has 7 nitrogen and oxygen atoms in total. The van der Waals surface area contributed by atoms with Crippen LogP contribution in [0.3, 0.4) is 0 Å². The van der Waals surface area contributed by atoms with Gasteiger partial charge in [-0.2, -0.15) is 5.26 Å². The van der Waals surface area contributed by atoms with Gasteiger partial charge in [-0.25, -0.2) is 9.37 Å². The van der Waals surface area contributed by atoms with E-state index in [1.165, 1.54) is 18.3 Å². The molecule has 4 rings (SSSR count). The first-order chi connectivity index (χ1) is 14.9. The van der Waals surface area contributed by atoms with Gasteiger partial charge in [0.15, 0.2) is 0 Å². The summed E-state index contributed by atoms with van der Waals surface area (Å²) in [5.41, 5.74) is 2.69. The SMILES string of the molecule is Cc1ccc(C#N)c(N2C[C@H](NC(=O)c3ccc(-c4cccc(F)c4)nc3)[C@@H](O)C2)n1. The Bertz CT molecular complexity index is 1160. The monoisotopic (exact) mass is 417 g/mol. The van der Waals surface area contributed by atoms with Crippen molar-refractivity contribution in [2.45, 2.75) is 19.1 Å². The summed E-state index contributed by atoms with van der Waals surface area (Å²) >= 11 is 0. The Balaban J connectivity index is 1.45. The minimum atomic E-state index is -0.808. The molecule has 1 aromatic carbocycles. The number of aryl methyl sites for hydroxylation is 1. The standard InChI is InChI=1S/C23H20FN5O2/c1-14-5-6-16(10-25)22(27-14)29-12-20(21(30)13-29)28-23(31)17-7-8-19(26-11-17)15-3-2-4-18(24)9-15/h2-9,11,20-21,30H,12-13H2,1H3,(H,28,31)/t20-,21-/m0/s1. The van der Waals surface area contributed by atoms with E-state index < -0.39 is 12.1 Å². The molecule has 1 aliphatic heterocycles. The molecular formula is C23H20FN5O2. The zero-order valence-corrected chi connectivity index (χ0v) is 16.8. The van der Waals surface area contributed by atoms with Crippen LogP contribution >= 0.6 is 0 Å². The largest absolute Gasteiger partial charge is 0.389 e. The van der Waals surface area contributed by atoms with Crippen molar-refractivity contribution in [3.8, 4) is 17.3 Å². The zero-order chi connectivity index (χ0) is 22.0. The normalized spacial score (nSPS) is 17.9. The molecule has 156 valence electrons. The average molecular weight is 417 g/mol. The number of aromatic nitrogens is 2. The molecule has 31 heavy (non-hydrogen) atoms. The summed E-state index contributed by atoms with van der Waals surface area (Å²) in [5, 5.41) is 22.6. The number of amides is 1. The fraction of sp³-hybridized carbons (Fsp3) is 0.217. The van der Waals surface area contributed by atoms with Crippen LogP contribution in [0.5, 0.6) is 0 Å². The number of pyridine rings is 2. The van der Waals surface area contributed by atoms with Crippen LogP contribution in [0.15, 0.2) is 54.7 Å². The van der Waals surface area contributed by atoms with Crippen molar-refractivity contribution < 1.29 is 14.3 Å². The van der Waals surface area contributed by atoms with Gasteiger partial charge in [-0.3, -0.25) is 9.78 Å². The molecule has 0 unspecified atom stereocenters. The Morgan fingerprint density at radius 1 is 1.26 bits per heavy atom. The molecule has 3 heterocycles. The summed E-state index contributed by atoms with van der Waals surface area (Å²) in [6.07, 6.45) is 0.613. The van der Waals surface area contributed by atoms with Crippen LogP contribution < -0.4 is 10.2 Å². The van der Waals surface area contributed by atoms with Crippen LogP contribution in [0, 0.1) is 24.1 Å². The second kappa shape index (κ2) is 8.50. The predicted molar refractivity (Wildman–Crippen MR) is 113 cm³/mol. The molecule has 0 spiro atoms. The first-order valence-electron chi connectivity index (χ1n) is 9.78.